The number of hydrogen-bond acceptors (Lipinski definition) is 3. The van der Waals surface area contributed by atoms with Gasteiger partial charge in [0.25, 0.3) is 0 Å². The van der Waals surface area contributed by atoms with E-state index in [4.69, 9.17) is 11.6 Å². The van der Waals surface area contributed by atoms with Gasteiger partial charge in [-0.3, -0.25) is 9.89 Å². The highest BCUT2D eigenvalue weighted by atomic mass is 35.5. The number of amides is 1. The van der Waals surface area contributed by atoms with Gasteiger partial charge in [0.2, 0.25) is 5.91 Å². The number of rotatable bonds is 3. The van der Waals surface area contributed by atoms with E-state index in [9.17, 15) is 9.90 Å². The normalized spacial score (nSPS) is 33.0. The van der Waals surface area contributed by atoms with E-state index >= 15 is 0 Å². The second kappa shape index (κ2) is 4.70. The van der Waals surface area contributed by atoms with Crippen molar-refractivity contribution in [1.29, 1.82) is 0 Å². The van der Waals surface area contributed by atoms with Gasteiger partial charge in [-0.05, 0) is 48.3 Å². The maximum atomic E-state index is 11.1. The van der Waals surface area contributed by atoms with E-state index in [0.717, 1.165) is 35.9 Å². The molecule has 3 N–H and O–H groups in total. The minimum atomic E-state index is -0.838. The lowest BCUT2D eigenvalue weighted by Crippen LogP contribution is -2.28. The predicted octanol–water partition coefficient (Wildman–Crippen LogP) is 2.20. The van der Waals surface area contributed by atoms with E-state index in [2.05, 4.69) is 15.5 Å². The highest BCUT2D eigenvalue weighted by Gasteiger charge is 2.61. The molecule has 0 unspecified atom stereocenters. The first-order valence-electron chi connectivity index (χ1n) is 7.58. The number of H-pyrrole nitrogens is 1. The van der Waals surface area contributed by atoms with Gasteiger partial charge in [-0.25, -0.2) is 0 Å². The minimum absolute atomic E-state index is 0.00943. The molecule has 2 saturated carbocycles. The summed E-state index contributed by atoms with van der Waals surface area (Å²) in [5.74, 6) is 1.48. The van der Waals surface area contributed by atoms with Crippen LogP contribution in [-0.4, -0.2) is 27.8 Å². The molecule has 116 valence electrons. The third kappa shape index (κ3) is 2.11. The summed E-state index contributed by atoms with van der Waals surface area (Å²) in [5.41, 5.74) is 0.884. The van der Waals surface area contributed by atoms with Crippen LogP contribution >= 0.6 is 11.6 Å². The molecule has 1 aromatic carbocycles. The van der Waals surface area contributed by atoms with E-state index in [1.807, 2.05) is 12.1 Å². The molecule has 4 rings (SSSR count). The van der Waals surface area contributed by atoms with Crippen LogP contribution in [0, 0.1) is 17.8 Å². The molecule has 5 nitrogen and oxygen atoms in total. The molecule has 22 heavy (non-hydrogen) atoms. The number of benzene rings is 1. The number of aromatic nitrogens is 2. The van der Waals surface area contributed by atoms with Gasteiger partial charge in [-0.1, -0.05) is 11.6 Å². The molecule has 1 heterocycles. The number of carbonyl (C=O) groups is 1. The zero-order valence-corrected chi connectivity index (χ0v) is 13.0. The van der Waals surface area contributed by atoms with Crippen molar-refractivity contribution in [3.05, 3.63) is 28.9 Å². The van der Waals surface area contributed by atoms with Crippen LogP contribution in [0.5, 0.6) is 0 Å². The quantitative estimate of drug-likeness (QED) is 0.811. The molecule has 0 aliphatic heterocycles. The first-order chi connectivity index (χ1) is 10.5. The van der Waals surface area contributed by atoms with Crippen molar-refractivity contribution in [2.75, 3.05) is 6.54 Å². The fourth-order valence-electron chi connectivity index (χ4n) is 4.18. The zero-order valence-electron chi connectivity index (χ0n) is 12.3. The van der Waals surface area contributed by atoms with Crippen molar-refractivity contribution in [1.82, 2.24) is 15.5 Å². The molecular weight excluding hydrogens is 302 g/mol. The zero-order chi connectivity index (χ0) is 15.5. The van der Waals surface area contributed by atoms with Crippen molar-refractivity contribution >= 4 is 28.4 Å². The third-order valence-electron chi connectivity index (χ3n) is 5.27. The van der Waals surface area contributed by atoms with Crippen molar-refractivity contribution in [3.63, 3.8) is 0 Å². The number of nitrogens with zero attached hydrogens (tertiary/aromatic N) is 1. The Bertz CT molecular complexity index is 745. The smallest absolute Gasteiger partial charge is 0.216 e. The van der Waals surface area contributed by atoms with Gasteiger partial charge in [0.1, 0.15) is 0 Å². The molecule has 0 bridgehead atoms. The van der Waals surface area contributed by atoms with Crippen molar-refractivity contribution in [2.24, 2.45) is 17.8 Å². The maximum Gasteiger partial charge on any atom is 0.216 e. The first-order valence-corrected chi connectivity index (χ1v) is 7.96. The summed E-state index contributed by atoms with van der Waals surface area (Å²) in [6.45, 7) is 2.26. The number of halogens is 1. The minimum Gasteiger partial charge on any atom is -0.385 e. The molecule has 2 aliphatic carbocycles. The SMILES string of the molecule is CC(=O)NC[C@@H]1[C@H]2C[C@](O)(c3cc(Cl)cc4[nH]ncc34)C[C@@H]12. The largest absolute Gasteiger partial charge is 0.385 e. The van der Waals surface area contributed by atoms with Crippen LogP contribution in [0.3, 0.4) is 0 Å². The Morgan fingerprint density at radius 3 is 2.91 bits per heavy atom. The molecule has 2 aliphatic rings. The van der Waals surface area contributed by atoms with Gasteiger partial charge < -0.3 is 10.4 Å². The Morgan fingerprint density at radius 1 is 1.50 bits per heavy atom. The standard InChI is InChI=1S/C16H18ClN3O2/c1-8(21)18-6-12-10-4-16(22,5-11(10)12)14-2-9(17)3-15-13(14)7-19-20-15/h2-3,7,10-12,22H,4-6H2,1H3,(H,18,21)(H,19,20)/t10-,11+,12+,16+. The Labute approximate surface area is 133 Å². The van der Waals surface area contributed by atoms with Gasteiger partial charge in [-0.15, -0.1) is 0 Å². The number of aromatic amines is 1. The fourth-order valence-corrected chi connectivity index (χ4v) is 4.40. The van der Waals surface area contributed by atoms with Crippen molar-refractivity contribution in [2.45, 2.75) is 25.4 Å². The second-order valence-corrected chi connectivity index (χ2v) is 7.09. The monoisotopic (exact) mass is 319 g/mol. The van der Waals surface area contributed by atoms with Gasteiger partial charge in [0.05, 0.1) is 17.3 Å². The Hall–Kier alpha value is -1.59. The van der Waals surface area contributed by atoms with Crippen molar-refractivity contribution < 1.29 is 9.90 Å². The van der Waals surface area contributed by atoms with Gasteiger partial charge in [-0.2, -0.15) is 5.10 Å². The number of fused-ring (bicyclic) bond motifs is 2. The van der Waals surface area contributed by atoms with Crippen LogP contribution in [0.2, 0.25) is 5.02 Å². The molecule has 0 radical (unpaired) electrons. The van der Waals surface area contributed by atoms with E-state index in [1.54, 1.807) is 6.20 Å². The lowest BCUT2D eigenvalue weighted by molar-refractivity contribution is -0.119. The number of carbonyl (C=O) groups excluding carboxylic acids is 1. The topological polar surface area (TPSA) is 78.0 Å². The molecular formula is C16H18ClN3O2. The van der Waals surface area contributed by atoms with E-state index in [1.165, 1.54) is 6.92 Å². The second-order valence-electron chi connectivity index (χ2n) is 6.65. The molecule has 2 aromatic rings. The summed E-state index contributed by atoms with van der Waals surface area (Å²) in [6.07, 6.45) is 3.20. The Morgan fingerprint density at radius 2 is 2.23 bits per heavy atom. The summed E-state index contributed by atoms with van der Waals surface area (Å²) < 4.78 is 0. The highest BCUT2D eigenvalue weighted by Crippen LogP contribution is 2.63. The van der Waals surface area contributed by atoms with Crippen LogP contribution in [0.25, 0.3) is 10.9 Å². The van der Waals surface area contributed by atoms with Crippen LogP contribution < -0.4 is 5.32 Å². The Balaban J connectivity index is 1.57. The lowest BCUT2D eigenvalue weighted by atomic mass is 9.85. The molecule has 6 heteroatoms. The number of nitrogens with one attached hydrogen (secondary N) is 2. The van der Waals surface area contributed by atoms with Crippen LogP contribution in [0.4, 0.5) is 0 Å². The van der Waals surface area contributed by atoms with Gasteiger partial charge in [0, 0.05) is 23.9 Å². The highest BCUT2D eigenvalue weighted by molar-refractivity contribution is 6.31. The summed E-state index contributed by atoms with van der Waals surface area (Å²) >= 11 is 6.18. The van der Waals surface area contributed by atoms with Crippen LogP contribution in [0.1, 0.15) is 25.3 Å². The number of aliphatic hydroxyl groups is 1. The van der Waals surface area contributed by atoms with E-state index in [-0.39, 0.29) is 5.91 Å². The van der Waals surface area contributed by atoms with Gasteiger partial charge in [0.15, 0.2) is 0 Å². The van der Waals surface area contributed by atoms with Crippen LogP contribution in [-0.2, 0) is 10.4 Å². The summed E-state index contributed by atoms with van der Waals surface area (Å²) in [7, 11) is 0. The Kier molecular flexibility index (Phi) is 3.00. The molecule has 2 fully saturated rings. The first kappa shape index (κ1) is 14.0. The number of hydrogen-bond donors (Lipinski definition) is 3. The fraction of sp³-hybridized carbons (Fsp3) is 0.500. The van der Waals surface area contributed by atoms with Crippen LogP contribution in [0.15, 0.2) is 18.3 Å². The average molecular weight is 320 g/mol. The molecule has 0 spiro atoms. The maximum absolute atomic E-state index is 11.1. The third-order valence-corrected chi connectivity index (χ3v) is 5.49. The van der Waals surface area contributed by atoms with E-state index < -0.39 is 5.60 Å². The lowest BCUT2D eigenvalue weighted by Gasteiger charge is -2.27. The predicted molar refractivity (Wildman–Crippen MR) is 83.4 cm³/mol. The molecule has 0 saturated heterocycles. The summed E-state index contributed by atoms with van der Waals surface area (Å²) in [4.78, 5) is 11.0. The summed E-state index contributed by atoms with van der Waals surface area (Å²) in [6, 6.07) is 3.68. The molecule has 4 atom stereocenters. The van der Waals surface area contributed by atoms with E-state index in [0.29, 0.717) is 22.8 Å². The van der Waals surface area contributed by atoms with Crippen molar-refractivity contribution in [3.8, 4) is 0 Å². The molecule has 1 amide bonds. The summed E-state index contributed by atoms with van der Waals surface area (Å²) in [5, 5.41) is 22.5. The average Bonchev–Trinajstić information content (AvgIpc) is 2.81. The van der Waals surface area contributed by atoms with Gasteiger partial charge >= 0.3 is 0 Å². The molecule has 1 aromatic heterocycles.